The molecule has 1 unspecified atom stereocenters. The molecule has 2 aromatic rings. The fraction of sp³-hybridized carbons (Fsp3) is 0.250. The highest BCUT2D eigenvalue weighted by Gasteiger charge is 2.11. The molecule has 2 rings (SSSR count). The monoisotopic (exact) mass is 385 g/mol. The van der Waals surface area contributed by atoms with Gasteiger partial charge >= 0.3 is 0 Å². The van der Waals surface area contributed by atoms with Crippen LogP contribution in [0.5, 0.6) is 0 Å². The summed E-state index contributed by atoms with van der Waals surface area (Å²) < 4.78 is 1.27. The molecule has 0 amide bonds. The Kier molecular flexibility index (Phi) is 5.67. The minimum atomic E-state index is 0.332. The molecule has 0 spiro atoms. The summed E-state index contributed by atoms with van der Waals surface area (Å²) in [7, 11) is 0. The Morgan fingerprint density at radius 1 is 1.16 bits per heavy atom. The Labute approximate surface area is 133 Å². The SMILES string of the molecule is CCNC(Cc1cccc(Cl)c1)c1cccc(I)c1. The van der Waals surface area contributed by atoms with Gasteiger partial charge < -0.3 is 5.32 Å². The third kappa shape index (κ3) is 4.48. The van der Waals surface area contributed by atoms with Gasteiger partial charge in [0.1, 0.15) is 0 Å². The number of benzene rings is 2. The molecule has 0 aliphatic heterocycles. The summed E-state index contributed by atoms with van der Waals surface area (Å²) in [4.78, 5) is 0. The third-order valence-corrected chi connectivity index (χ3v) is 3.94. The van der Waals surface area contributed by atoms with Crippen LogP contribution in [0, 0.1) is 3.57 Å². The van der Waals surface area contributed by atoms with Crippen molar-refractivity contribution in [1.29, 1.82) is 0 Å². The lowest BCUT2D eigenvalue weighted by Gasteiger charge is -2.19. The molecule has 0 aliphatic rings. The Bertz CT molecular complexity index is 542. The van der Waals surface area contributed by atoms with Crippen molar-refractivity contribution >= 4 is 34.2 Å². The number of rotatable bonds is 5. The molecule has 0 radical (unpaired) electrons. The molecule has 0 saturated heterocycles. The van der Waals surface area contributed by atoms with Gasteiger partial charge in [-0.15, -0.1) is 0 Å². The predicted molar refractivity (Wildman–Crippen MR) is 90.7 cm³/mol. The molecular formula is C16H17ClIN. The van der Waals surface area contributed by atoms with Gasteiger partial charge in [-0.1, -0.05) is 42.8 Å². The molecular weight excluding hydrogens is 369 g/mol. The van der Waals surface area contributed by atoms with E-state index in [0.29, 0.717) is 6.04 Å². The average molecular weight is 386 g/mol. The van der Waals surface area contributed by atoms with Gasteiger partial charge in [0.15, 0.2) is 0 Å². The van der Waals surface area contributed by atoms with Crippen LogP contribution in [0.25, 0.3) is 0 Å². The molecule has 0 saturated carbocycles. The first-order valence-electron chi connectivity index (χ1n) is 6.42. The lowest BCUT2D eigenvalue weighted by atomic mass is 9.99. The fourth-order valence-electron chi connectivity index (χ4n) is 2.18. The van der Waals surface area contributed by atoms with E-state index in [9.17, 15) is 0 Å². The van der Waals surface area contributed by atoms with Crippen LogP contribution in [0.2, 0.25) is 5.02 Å². The lowest BCUT2D eigenvalue weighted by molar-refractivity contribution is 0.549. The molecule has 1 N–H and O–H groups in total. The number of halogens is 2. The summed E-state index contributed by atoms with van der Waals surface area (Å²) in [6.07, 6.45) is 0.953. The molecule has 0 fully saturated rings. The predicted octanol–water partition coefficient (Wildman–Crippen LogP) is 4.84. The van der Waals surface area contributed by atoms with Crippen LogP contribution < -0.4 is 5.32 Å². The Hall–Kier alpha value is -0.580. The zero-order valence-electron chi connectivity index (χ0n) is 10.9. The largest absolute Gasteiger partial charge is 0.310 e. The van der Waals surface area contributed by atoms with Crippen LogP contribution >= 0.6 is 34.2 Å². The van der Waals surface area contributed by atoms with Gasteiger partial charge in [0, 0.05) is 14.6 Å². The van der Waals surface area contributed by atoms with E-state index in [1.807, 2.05) is 18.2 Å². The Balaban J connectivity index is 2.21. The van der Waals surface area contributed by atoms with E-state index in [0.717, 1.165) is 18.0 Å². The van der Waals surface area contributed by atoms with Crippen molar-refractivity contribution in [1.82, 2.24) is 5.32 Å². The zero-order valence-corrected chi connectivity index (χ0v) is 13.8. The Morgan fingerprint density at radius 2 is 1.95 bits per heavy atom. The van der Waals surface area contributed by atoms with Crippen molar-refractivity contribution in [3.8, 4) is 0 Å². The molecule has 0 heterocycles. The minimum Gasteiger partial charge on any atom is -0.310 e. The van der Waals surface area contributed by atoms with Gasteiger partial charge in [-0.3, -0.25) is 0 Å². The van der Waals surface area contributed by atoms with Gasteiger partial charge in [-0.05, 0) is 70.9 Å². The van der Waals surface area contributed by atoms with E-state index in [4.69, 9.17) is 11.6 Å². The van der Waals surface area contributed by atoms with E-state index >= 15 is 0 Å². The summed E-state index contributed by atoms with van der Waals surface area (Å²) in [5, 5.41) is 4.35. The Morgan fingerprint density at radius 3 is 2.63 bits per heavy atom. The van der Waals surface area contributed by atoms with E-state index < -0.39 is 0 Å². The fourth-order valence-corrected chi connectivity index (χ4v) is 2.96. The third-order valence-electron chi connectivity index (χ3n) is 3.03. The molecule has 0 bridgehead atoms. The van der Waals surface area contributed by atoms with Crippen LogP contribution in [-0.2, 0) is 6.42 Å². The first-order chi connectivity index (χ1) is 9.19. The number of nitrogens with one attached hydrogen (secondary N) is 1. The molecule has 3 heteroatoms. The molecule has 1 atom stereocenters. The van der Waals surface area contributed by atoms with Crippen molar-refractivity contribution in [2.24, 2.45) is 0 Å². The maximum absolute atomic E-state index is 6.05. The van der Waals surface area contributed by atoms with E-state index in [1.165, 1.54) is 14.7 Å². The summed E-state index contributed by atoms with van der Waals surface area (Å²) in [6, 6.07) is 17.1. The van der Waals surface area contributed by atoms with Gasteiger partial charge in [-0.2, -0.15) is 0 Å². The first-order valence-corrected chi connectivity index (χ1v) is 7.88. The molecule has 1 nitrogen and oxygen atoms in total. The van der Waals surface area contributed by atoms with Crippen molar-refractivity contribution in [3.63, 3.8) is 0 Å². The smallest absolute Gasteiger partial charge is 0.0408 e. The summed E-state index contributed by atoms with van der Waals surface area (Å²) in [5.74, 6) is 0. The normalized spacial score (nSPS) is 12.4. The second-order valence-electron chi connectivity index (χ2n) is 4.50. The lowest BCUT2D eigenvalue weighted by Crippen LogP contribution is -2.23. The molecule has 0 aromatic heterocycles. The zero-order chi connectivity index (χ0) is 13.7. The van der Waals surface area contributed by atoms with Crippen molar-refractivity contribution in [2.75, 3.05) is 6.54 Å². The van der Waals surface area contributed by atoms with Gasteiger partial charge in [-0.25, -0.2) is 0 Å². The maximum Gasteiger partial charge on any atom is 0.0408 e. The summed E-state index contributed by atoms with van der Waals surface area (Å²) in [5.41, 5.74) is 2.59. The van der Waals surface area contributed by atoms with E-state index in [-0.39, 0.29) is 0 Å². The second-order valence-corrected chi connectivity index (χ2v) is 6.18. The van der Waals surface area contributed by atoms with Crippen LogP contribution in [0.4, 0.5) is 0 Å². The van der Waals surface area contributed by atoms with Gasteiger partial charge in [0.05, 0.1) is 0 Å². The highest BCUT2D eigenvalue weighted by Crippen LogP contribution is 2.22. The minimum absolute atomic E-state index is 0.332. The number of hydrogen-bond donors (Lipinski definition) is 1. The van der Waals surface area contributed by atoms with Crippen LogP contribution in [0.15, 0.2) is 48.5 Å². The van der Waals surface area contributed by atoms with Crippen molar-refractivity contribution in [3.05, 3.63) is 68.3 Å². The standard InChI is InChI=1S/C16H17ClIN/c1-2-19-16(13-6-4-8-15(18)11-13)10-12-5-3-7-14(17)9-12/h3-9,11,16,19H,2,10H2,1H3. The van der Waals surface area contributed by atoms with Gasteiger partial charge in [0.2, 0.25) is 0 Å². The number of hydrogen-bond acceptors (Lipinski definition) is 1. The number of likely N-dealkylation sites (N-methyl/N-ethyl adjacent to an activating group) is 1. The van der Waals surface area contributed by atoms with Crippen molar-refractivity contribution in [2.45, 2.75) is 19.4 Å². The van der Waals surface area contributed by atoms with Crippen LogP contribution in [0.1, 0.15) is 24.1 Å². The van der Waals surface area contributed by atoms with E-state index in [1.54, 1.807) is 0 Å². The summed E-state index contributed by atoms with van der Waals surface area (Å²) >= 11 is 8.41. The first kappa shape index (κ1) is 14.8. The topological polar surface area (TPSA) is 12.0 Å². The summed E-state index contributed by atoms with van der Waals surface area (Å²) in [6.45, 7) is 3.09. The van der Waals surface area contributed by atoms with Crippen LogP contribution in [0.3, 0.4) is 0 Å². The van der Waals surface area contributed by atoms with E-state index in [2.05, 4.69) is 65.2 Å². The molecule has 19 heavy (non-hydrogen) atoms. The quantitative estimate of drug-likeness (QED) is 0.726. The molecule has 100 valence electrons. The molecule has 2 aromatic carbocycles. The average Bonchev–Trinajstić information content (AvgIpc) is 2.38. The van der Waals surface area contributed by atoms with Crippen molar-refractivity contribution < 1.29 is 0 Å². The second kappa shape index (κ2) is 7.27. The van der Waals surface area contributed by atoms with Crippen LogP contribution in [-0.4, -0.2) is 6.54 Å². The molecule has 0 aliphatic carbocycles. The van der Waals surface area contributed by atoms with Gasteiger partial charge in [0.25, 0.3) is 0 Å². The maximum atomic E-state index is 6.05. The highest BCUT2D eigenvalue weighted by molar-refractivity contribution is 14.1. The highest BCUT2D eigenvalue weighted by atomic mass is 127.